The average molecular weight is 1040 g/mol. The molecule has 0 heterocycles. The van der Waals surface area contributed by atoms with Gasteiger partial charge in [-0.3, -0.25) is 0 Å². The van der Waals surface area contributed by atoms with E-state index in [1.54, 1.807) is 14.2 Å². The zero-order valence-corrected chi connectivity index (χ0v) is 43.6. The number of rotatable bonds is 66. The highest BCUT2D eigenvalue weighted by atomic mass is 16.6. The van der Waals surface area contributed by atoms with E-state index in [1.165, 1.54) is 0 Å². The van der Waals surface area contributed by atoms with E-state index < -0.39 is 12.1 Å². The van der Waals surface area contributed by atoms with E-state index in [0.29, 0.717) is 257 Å². The van der Waals surface area contributed by atoms with E-state index in [1.807, 2.05) is 0 Å². The van der Waals surface area contributed by atoms with Crippen LogP contribution in [0.4, 0.5) is 0 Å². The second-order valence-electron chi connectivity index (χ2n) is 14.9. The van der Waals surface area contributed by atoms with E-state index in [9.17, 15) is 9.90 Å². The van der Waals surface area contributed by atoms with Crippen LogP contribution >= 0.6 is 0 Å². The van der Waals surface area contributed by atoms with E-state index in [2.05, 4.69) is 0 Å². The molecule has 0 aromatic rings. The Morgan fingerprint density at radius 3 is 0.690 bits per heavy atom. The van der Waals surface area contributed by atoms with Crippen LogP contribution in [-0.4, -0.2) is 289 Å². The molecule has 0 amide bonds. The zero-order chi connectivity index (χ0) is 51.1. The summed E-state index contributed by atoms with van der Waals surface area (Å²) in [4.78, 5) is 11.6. The van der Waals surface area contributed by atoms with Gasteiger partial charge in [-0.25, -0.2) is 4.79 Å². The summed E-state index contributed by atoms with van der Waals surface area (Å²) in [5.41, 5.74) is 0. The third kappa shape index (κ3) is 62.8. The lowest BCUT2D eigenvalue weighted by molar-refractivity contribution is -0.154. The van der Waals surface area contributed by atoms with Crippen molar-refractivity contribution in [1.82, 2.24) is 0 Å². The second-order valence-corrected chi connectivity index (χ2v) is 14.9. The van der Waals surface area contributed by atoms with Crippen molar-refractivity contribution in [2.24, 2.45) is 0 Å². The summed E-state index contributed by atoms with van der Waals surface area (Å²) in [6.45, 7) is 19.1. The second kappa shape index (κ2) is 64.7. The number of carbonyl (C=O) groups is 1. The van der Waals surface area contributed by atoms with Crippen LogP contribution in [0.25, 0.3) is 0 Å². The molecule has 0 radical (unpaired) electrons. The average Bonchev–Trinajstić information content (AvgIpc) is 3.37. The summed E-state index contributed by atoms with van der Waals surface area (Å²) in [5, 5.41) is 9.47. The van der Waals surface area contributed by atoms with Crippen LogP contribution < -0.4 is 0 Å². The fourth-order valence-corrected chi connectivity index (χ4v) is 5.32. The van der Waals surface area contributed by atoms with Gasteiger partial charge in [0.25, 0.3) is 0 Å². The van der Waals surface area contributed by atoms with Crippen molar-refractivity contribution >= 4 is 5.97 Å². The first-order valence-corrected chi connectivity index (χ1v) is 25.4. The largest absolute Gasteiger partial charge is 0.479 e. The Labute approximate surface area is 424 Å². The van der Waals surface area contributed by atoms with E-state index in [0.717, 1.165) is 25.7 Å². The van der Waals surface area contributed by atoms with Crippen LogP contribution in [0.1, 0.15) is 32.1 Å². The van der Waals surface area contributed by atoms with Gasteiger partial charge in [0.2, 0.25) is 0 Å². The molecule has 0 bridgehead atoms. The normalized spacial score (nSPS) is 12.1. The molecule has 23 heteroatoms. The number of hydrogen-bond donors (Lipinski definition) is 1. The molecule has 0 saturated heterocycles. The smallest absolute Gasteiger partial charge is 0.335 e. The van der Waals surface area contributed by atoms with Gasteiger partial charge in [0.1, 0.15) is 0 Å². The maximum atomic E-state index is 11.6. The highest BCUT2D eigenvalue weighted by Gasteiger charge is 2.18. The third-order valence-electron chi connectivity index (χ3n) is 9.07. The third-order valence-corrected chi connectivity index (χ3v) is 9.07. The molecule has 71 heavy (non-hydrogen) atoms. The predicted octanol–water partition coefficient (Wildman–Crippen LogP) is 2.00. The van der Waals surface area contributed by atoms with Gasteiger partial charge in [-0.2, -0.15) is 0 Å². The molecule has 1 atom stereocenters. The Morgan fingerprint density at radius 1 is 0.254 bits per heavy atom. The SMILES string of the molecule is COCCOCCOCCOCCOCCOCCOCCOCCOCCCCCCOC(COCCCOCCOCCOCCOCCOCCOCCOCCOCCOCCOC)C(=O)O. The number of methoxy groups -OCH3 is 2. The molecule has 0 aliphatic rings. The number of carboxylic acid groups (broad SMARTS) is 1. The monoisotopic (exact) mass is 1040 g/mol. The van der Waals surface area contributed by atoms with Crippen LogP contribution in [0.5, 0.6) is 0 Å². The first-order chi connectivity index (χ1) is 35.2. The minimum absolute atomic E-state index is 0.00780. The summed E-state index contributed by atoms with van der Waals surface area (Å²) in [5.74, 6) is -1.03. The topological polar surface area (TPSA) is 231 Å². The van der Waals surface area contributed by atoms with Gasteiger partial charge >= 0.3 is 5.97 Å². The molecule has 0 fully saturated rings. The fraction of sp³-hybridized carbons (Fsp3) is 0.979. The molecule has 0 rings (SSSR count). The summed E-state index contributed by atoms with van der Waals surface area (Å²) in [6, 6.07) is 0. The Kier molecular flexibility index (Phi) is 63.5. The first kappa shape index (κ1) is 69.6. The van der Waals surface area contributed by atoms with Gasteiger partial charge in [-0.05, 0) is 19.3 Å². The van der Waals surface area contributed by atoms with Crippen LogP contribution in [-0.2, 0) is 104 Å². The number of aliphatic carboxylic acids is 1. The molecule has 23 nitrogen and oxygen atoms in total. The Balaban J connectivity index is 3.28. The van der Waals surface area contributed by atoms with Crippen molar-refractivity contribution in [2.75, 3.05) is 272 Å². The molecule has 0 aromatic heterocycles. The lowest BCUT2D eigenvalue weighted by Crippen LogP contribution is -2.30. The van der Waals surface area contributed by atoms with Gasteiger partial charge in [-0.15, -0.1) is 0 Å². The zero-order valence-electron chi connectivity index (χ0n) is 43.6. The summed E-state index contributed by atoms with van der Waals surface area (Å²) >= 11 is 0. The van der Waals surface area contributed by atoms with Gasteiger partial charge in [0.15, 0.2) is 6.10 Å². The van der Waals surface area contributed by atoms with Crippen molar-refractivity contribution in [1.29, 1.82) is 0 Å². The predicted molar refractivity (Wildman–Crippen MR) is 259 cm³/mol. The molecule has 0 aromatic carbocycles. The first-order valence-electron chi connectivity index (χ1n) is 25.4. The van der Waals surface area contributed by atoms with Crippen molar-refractivity contribution in [3.63, 3.8) is 0 Å². The number of ether oxygens (including phenoxy) is 21. The molecule has 426 valence electrons. The Bertz CT molecular complexity index is 980. The summed E-state index contributed by atoms with van der Waals surface area (Å²) in [7, 11) is 3.28. The lowest BCUT2D eigenvalue weighted by atomic mass is 10.2. The lowest BCUT2D eigenvalue weighted by Gasteiger charge is -2.14. The minimum atomic E-state index is -1.03. The van der Waals surface area contributed by atoms with Crippen LogP contribution in [0.3, 0.4) is 0 Å². The molecule has 1 N–H and O–H groups in total. The maximum absolute atomic E-state index is 11.6. The van der Waals surface area contributed by atoms with Crippen molar-refractivity contribution in [3.05, 3.63) is 0 Å². The molecular formula is C48H96O23. The molecule has 0 spiro atoms. The highest BCUT2D eigenvalue weighted by molar-refractivity contribution is 5.72. The van der Waals surface area contributed by atoms with Crippen LogP contribution in [0.15, 0.2) is 0 Å². The molecule has 0 saturated carbocycles. The number of hydrogen-bond acceptors (Lipinski definition) is 22. The van der Waals surface area contributed by atoms with E-state index in [4.69, 9.17) is 99.5 Å². The molecular weight excluding hydrogens is 945 g/mol. The minimum Gasteiger partial charge on any atom is -0.479 e. The van der Waals surface area contributed by atoms with Crippen LogP contribution in [0, 0.1) is 0 Å². The number of unbranched alkanes of at least 4 members (excludes halogenated alkanes) is 3. The van der Waals surface area contributed by atoms with Gasteiger partial charge < -0.3 is 105 Å². The van der Waals surface area contributed by atoms with Crippen molar-refractivity contribution in [2.45, 2.75) is 38.2 Å². The molecule has 1 unspecified atom stereocenters. The van der Waals surface area contributed by atoms with Gasteiger partial charge in [0.05, 0.1) is 231 Å². The molecule has 0 aliphatic carbocycles. The fourth-order valence-electron chi connectivity index (χ4n) is 5.32. The van der Waals surface area contributed by atoms with Crippen molar-refractivity contribution < 1.29 is 109 Å². The summed E-state index contributed by atoms with van der Waals surface area (Å²) in [6.07, 6.45) is 3.20. The summed E-state index contributed by atoms with van der Waals surface area (Å²) < 4.78 is 114. The van der Waals surface area contributed by atoms with Crippen LogP contribution in [0.2, 0.25) is 0 Å². The maximum Gasteiger partial charge on any atom is 0.335 e. The van der Waals surface area contributed by atoms with E-state index >= 15 is 0 Å². The highest BCUT2D eigenvalue weighted by Crippen LogP contribution is 2.04. The Morgan fingerprint density at radius 2 is 0.451 bits per heavy atom. The number of carboxylic acids is 1. The Hall–Kier alpha value is -1.37. The van der Waals surface area contributed by atoms with Crippen molar-refractivity contribution in [3.8, 4) is 0 Å². The van der Waals surface area contributed by atoms with E-state index in [-0.39, 0.29) is 6.61 Å². The van der Waals surface area contributed by atoms with Gasteiger partial charge in [0, 0.05) is 40.6 Å². The standard InChI is InChI=1S/C48H96O23/c1-51-12-14-55-20-22-59-28-30-63-36-38-67-42-40-65-34-32-61-26-24-57-18-16-53-8-5-3-4-6-11-71-47(48(49)50)46-70-10-7-9-54-17-19-58-25-27-62-33-35-66-41-43-69-45-44-68-39-37-64-31-29-60-23-21-56-15-13-52-2/h47H,3-46H2,1-2H3,(H,49,50). The quantitative estimate of drug-likeness (QED) is 0.0859. The van der Waals surface area contributed by atoms with Gasteiger partial charge in [-0.1, -0.05) is 12.8 Å². The molecule has 0 aliphatic heterocycles.